The molecule has 0 aliphatic heterocycles. The molecule has 120 valence electrons. The van der Waals surface area contributed by atoms with E-state index in [1.165, 1.54) is 0 Å². The summed E-state index contributed by atoms with van der Waals surface area (Å²) in [7, 11) is 1.66. The number of fused-ring (bicyclic) bond motifs is 3. The van der Waals surface area contributed by atoms with Crippen LogP contribution in [0.1, 0.15) is 5.56 Å². The smallest absolute Gasteiger partial charge is 0.229 e. The van der Waals surface area contributed by atoms with E-state index in [0.717, 1.165) is 33.4 Å². The average molecular weight is 319 g/mol. The average Bonchev–Trinajstić information content (AvgIpc) is 2.99. The first-order valence-electron chi connectivity index (χ1n) is 7.68. The van der Waals surface area contributed by atoms with Crippen molar-refractivity contribution in [1.29, 1.82) is 0 Å². The SMILES string of the molecule is COc1ccc(CNc2ccnc3oc4ccc(N)cc4c23)cc1. The lowest BCUT2D eigenvalue weighted by molar-refractivity contribution is 0.414. The van der Waals surface area contributed by atoms with Gasteiger partial charge in [-0.15, -0.1) is 0 Å². The predicted molar refractivity (Wildman–Crippen MR) is 96.2 cm³/mol. The monoisotopic (exact) mass is 319 g/mol. The third kappa shape index (κ3) is 2.50. The Kier molecular flexibility index (Phi) is 3.46. The van der Waals surface area contributed by atoms with E-state index in [2.05, 4.69) is 10.3 Å². The van der Waals surface area contributed by atoms with Crippen molar-refractivity contribution in [2.75, 3.05) is 18.2 Å². The summed E-state index contributed by atoms with van der Waals surface area (Å²) in [6, 6.07) is 15.5. The number of rotatable bonds is 4. The first-order chi connectivity index (χ1) is 11.7. The Balaban J connectivity index is 1.70. The van der Waals surface area contributed by atoms with Crippen LogP contribution in [0, 0.1) is 0 Å². The molecule has 0 amide bonds. The zero-order valence-electron chi connectivity index (χ0n) is 13.2. The predicted octanol–water partition coefficient (Wildman–Crippen LogP) is 4.18. The van der Waals surface area contributed by atoms with Crippen LogP contribution in [0.2, 0.25) is 0 Å². The molecule has 0 atom stereocenters. The fourth-order valence-electron chi connectivity index (χ4n) is 2.80. The van der Waals surface area contributed by atoms with Gasteiger partial charge < -0.3 is 20.2 Å². The fraction of sp³-hybridized carbons (Fsp3) is 0.105. The number of nitrogen functional groups attached to an aromatic ring is 1. The highest BCUT2D eigenvalue weighted by atomic mass is 16.5. The van der Waals surface area contributed by atoms with Crippen LogP contribution in [0.5, 0.6) is 5.75 Å². The van der Waals surface area contributed by atoms with Gasteiger partial charge in [0.15, 0.2) is 0 Å². The van der Waals surface area contributed by atoms with Gasteiger partial charge in [0.2, 0.25) is 5.71 Å². The highest BCUT2D eigenvalue weighted by Gasteiger charge is 2.12. The topological polar surface area (TPSA) is 73.3 Å². The van der Waals surface area contributed by atoms with Crippen molar-refractivity contribution < 1.29 is 9.15 Å². The van der Waals surface area contributed by atoms with Crippen LogP contribution >= 0.6 is 0 Å². The molecular formula is C19H17N3O2. The van der Waals surface area contributed by atoms with Gasteiger partial charge in [0, 0.05) is 29.5 Å². The molecule has 0 radical (unpaired) electrons. The van der Waals surface area contributed by atoms with Crippen molar-refractivity contribution in [3.8, 4) is 5.75 Å². The summed E-state index contributed by atoms with van der Waals surface area (Å²) in [5.41, 5.74) is 10.1. The fourth-order valence-corrected chi connectivity index (χ4v) is 2.80. The number of nitrogens with two attached hydrogens (primary N) is 1. The summed E-state index contributed by atoms with van der Waals surface area (Å²) >= 11 is 0. The summed E-state index contributed by atoms with van der Waals surface area (Å²) in [6.07, 6.45) is 1.74. The van der Waals surface area contributed by atoms with E-state index in [1.54, 1.807) is 13.3 Å². The maximum atomic E-state index is 5.92. The summed E-state index contributed by atoms with van der Waals surface area (Å²) in [6.45, 7) is 0.693. The molecule has 24 heavy (non-hydrogen) atoms. The molecule has 2 heterocycles. The molecule has 4 rings (SSSR count). The Morgan fingerprint density at radius 3 is 2.75 bits per heavy atom. The van der Waals surface area contributed by atoms with Crippen molar-refractivity contribution in [1.82, 2.24) is 4.98 Å². The molecule has 0 aliphatic rings. The molecule has 0 saturated heterocycles. The molecule has 0 bridgehead atoms. The lowest BCUT2D eigenvalue weighted by Crippen LogP contribution is -2.00. The second-order valence-electron chi connectivity index (χ2n) is 5.60. The van der Waals surface area contributed by atoms with E-state index in [1.807, 2.05) is 48.5 Å². The van der Waals surface area contributed by atoms with Gasteiger partial charge in [-0.05, 0) is 42.0 Å². The first kappa shape index (κ1) is 14.4. The summed E-state index contributed by atoms with van der Waals surface area (Å²) in [5, 5.41) is 5.38. The van der Waals surface area contributed by atoms with Gasteiger partial charge in [0.05, 0.1) is 12.5 Å². The number of ether oxygens (including phenoxy) is 1. The van der Waals surface area contributed by atoms with E-state index in [4.69, 9.17) is 14.9 Å². The molecule has 0 spiro atoms. The second-order valence-corrected chi connectivity index (χ2v) is 5.60. The van der Waals surface area contributed by atoms with Gasteiger partial charge >= 0.3 is 0 Å². The van der Waals surface area contributed by atoms with Crippen LogP contribution in [0.3, 0.4) is 0 Å². The van der Waals surface area contributed by atoms with Crippen molar-refractivity contribution in [2.24, 2.45) is 0 Å². The number of methoxy groups -OCH3 is 1. The Morgan fingerprint density at radius 2 is 1.96 bits per heavy atom. The number of nitrogens with one attached hydrogen (secondary N) is 1. The van der Waals surface area contributed by atoms with Crippen molar-refractivity contribution in [3.63, 3.8) is 0 Å². The van der Waals surface area contributed by atoms with Crippen molar-refractivity contribution in [3.05, 3.63) is 60.3 Å². The van der Waals surface area contributed by atoms with Gasteiger partial charge in [0.1, 0.15) is 11.3 Å². The van der Waals surface area contributed by atoms with Crippen LogP contribution in [-0.2, 0) is 6.54 Å². The number of anilines is 2. The number of furan rings is 1. The molecule has 0 aliphatic carbocycles. The van der Waals surface area contributed by atoms with E-state index in [9.17, 15) is 0 Å². The van der Waals surface area contributed by atoms with Crippen LogP contribution in [0.25, 0.3) is 22.1 Å². The van der Waals surface area contributed by atoms with Gasteiger partial charge in [0.25, 0.3) is 0 Å². The van der Waals surface area contributed by atoms with Crippen LogP contribution in [0.15, 0.2) is 59.1 Å². The lowest BCUT2D eigenvalue weighted by atomic mass is 10.1. The van der Waals surface area contributed by atoms with Crippen LogP contribution in [0.4, 0.5) is 11.4 Å². The number of pyridine rings is 1. The number of hydrogen-bond acceptors (Lipinski definition) is 5. The van der Waals surface area contributed by atoms with Gasteiger partial charge in [-0.1, -0.05) is 12.1 Å². The summed E-state index contributed by atoms with van der Waals surface area (Å²) < 4.78 is 11.0. The lowest BCUT2D eigenvalue weighted by Gasteiger charge is -2.08. The molecule has 5 heteroatoms. The molecule has 2 aromatic heterocycles. The van der Waals surface area contributed by atoms with E-state index < -0.39 is 0 Å². The van der Waals surface area contributed by atoms with Crippen molar-refractivity contribution in [2.45, 2.75) is 6.54 Å². The quantitative estimate of drug-likeness (QED) is 0.552. The van der Waals surface area contributed by atoms with Crippen LogP contribution < -0.4 is 15.8 Å². The summed E-state index contributed by atoms with van der Waals surface area (Å²) in [5.74, 6) is 0.848. The Labute approximate surface area is 139 Å². The molecule has 0 saturated carbocycles. The van der Waals surface area contributed by atoms with E-state index in [-0.39, 0.29) is 0 Å². The Morgan fingerprint density at radius 1 is 1.12 bits per heavy atom. The third-order valence-electron chi connectivity index (χ3n) is 4.04. The maximum absolute atomic E-state index is 5.92. The standard InChI is InChI=1S/C19H17N3O2/c1-23-14-5-2-12(3-6-14)11-22-16-8-9-21-19-18(16)15-10-13(20)4-7-17(15)24-19/h2-10H,11,20H2,1H3,(H,21,22). The van der Waals surface area contributed by atoms with Gasteiger partial charge in [-0.25, -0.2) is 4.98 Å². The Hall–Kier alpha value is -3.21. The number of hydrogen-bond donors (Lipinski definition) is 2. The van der Waals surface area contributed by atoms with E-state index >= 15 is 0 Å². The largest absolute Gasteiger partial charge is 0.497 e. The van der Waals surface area contributed by atoms with Crippen molar-refractivity contribution >= 4 is 33.4 Å². The second kappa shape index (κ2) is 5.77. The van der Waals surface area contributed by atoms with E-state index in [0.29, 0.717) is 17.9 Å². The van der Waals surface area contributed by atoms with Gasteiger partial charge in [-0.2, -0.15) is 0 Å². The highest BCUT2D eigenvalue weighted by Crippen LogP contribution is 2.34. The third-order valence-corrected chi connectivity index (χ3v) is 4.04. The zero-order chi connectivity index (χ0) is 16.5. The molecule has 0 fully saturated rings. The minimum Gasteiger partial charge on any atom is -0.497 e. The Bertz CT molecular complexity index is 1010. The minimum atomic E-state index is 0.607. The minimum absolute atomic E-state index is 0.607. The zero-order valence-corrected chi connectivity index (χ0v) is 13.2. The summed E-state index contributed by atoms with van der Waals surface area (Å²) in [4.78, 5) is 4.32. The number of nitrogens with zero attached hydrogens (tertiary/aromatic N) is 1. The molecule has 5 nitrogen and oxygen atoms in total. The number of aromatic nitrogens is 1. The molecule has 4 aromatic rings. The first-order valence-corrected chi connectivity index (χ1v) is 7.68. The molecule has 0 unspecified atom stereocenters. The number of benzene rings is 2. The normalized spacial score (nSPS) is 11.0. The maximum Gasteiger partial charge on any atom is 0.229 e. The molecule has 3 N–H and O–H groups in total. The highest BCUT2D eigenvalue weighted by molar-refractivity contribution is 6.10. The molecular weight excluding hydrogens is 302 g/mol. The van der Waals surface area contributed by atoms with Gasteiger partial charge in [-0.3, -0.25) is 0 Å². The molecule has 2 aromatic carbocycles. The van der Waals surface area contributed by atoms with Crippen LogP contribution in [-0.4, -0.2) is 12.1 Å².